The highest BCUT2D eigenvalue weighted by atomic mass is 19.1. The SMILES string of the molecule is Cc1ccc(C(C)NC(=O)NCCc2ccc(F)cc2)o1. The van der Waals surface area contributed by atoms with Crippen LogP contribution in [0.15, 0.2) is 40.8 Å². The van der Waals surface area contributed by atoms with E-state index in [0.717, 1.165) is 17.1 Å². The normalized spacial score (nSPS) is 12.0. The van der Waals surface area contributed by atoms with Crippen LogP contribution in [-0.2, 0) is 6.42 Å². The molecule has 2 amide bonds. The fourth-order valence-electron chi connectivity index (χ4n) is 1.98. The van der Waals surface area contributed by atoms with Crippen LogP contribution in [0.3, 0.4) is 0 Å². The van der Waals surface area contributed by atoms with Gasteiger partial charge in [0.05, 0.1) is 6.04 Å². The lowest BCUT2D eigenvalue weighted by molar-refractivity contribution is 0.236. The first-order valence-corrected chi connectivity index (χ1v) is 6.90. The van der Waals surface area contributed by atoms with Crippen molar-refractivity contribution in [3.63, 3.8) is 0 Å². The number of carbonyl (C=O) groups excluding carboxylic acids is 1. The van der Waals surface area contributed by atoms with Gasteiger partial charge in [0.2, 0.25) is 0 Å². The molecule has 5 heteroatoms. The Bertz CT molecular complexity index is 593. The van der Waals surface area contributed by atoms with E-state index < -0.39 is 0 Å². The molecule has 0 spiro atoms. The average Bonchev–Trinajstić information content (AvgIpc) is 2.88. The number of hydrogen-bond donors (Lipinski definition) is 2. The third-order valence-electron chi connectivity index (χ3n) is 3.15. The number of urea groups is 1. The van der Waals surface area contributed by atoms with Crippen LogP contribution in [0, 0.1) is 12.7 Å². The lowest BCUT2D eigenvalue weighted by atomic mass is 10.1. The molecule has 0 aliphatic carbocycles. The van der Waals surface area contributed by atoms with Gasteiger partial charge < -0.3 is 15.1 Å². The number of rotatable bonds is 5. The number of hydrogen-bond acceptors (Lipinski definition) is 2. The third-order valence-corrected chi connectivity index (χ3v) is 3.15. The van der Waals surface area contributed by atoms with Crippen molar-refractivity contribution in [2.24, 2.45) is 0 Å². The first-order chi connectivity index (χ1) is 10.0. The van der Waals surface area contributed by atoms with Crippen molar-refractivity contribution in [3.8, 4) is 0 Å². The Labute approximate surface area is 123 Å². The summed E-state index contributed by atoms with van der Waals surface area (Å²) in [5.74, 6) is 1.28. The van der Waals surface area contributed by atoms with E-state index in [0.29, 0.717) is 13.0 Å². The Hall–Kier alpha value is -2.30. The molecule has 1 aromatic carbocycles. The molecule has 2 N–H and O–H groups in total. The number of nitrogens with one attached hydrogen (secondary N) is 2. The maximum absolute atomic E-state index is 12.8. The maximum atomic E-state index is 12.8. The molecule has 4 nitrogen and oxygen atoms in total. The molecule has 1 aromatic heterocycles. The number of carbonyl (C=O) groups is 1. The van der Waals surface area contributed by atoms with Gasteiger partial charge in [0.1, 0.15) is 17.3 Å². The lowest BCUT2D eigenvalue weighted by Crippen LogP contribution is -2.37. The highest BCUT2D eigenvalue weighted by Gasteiger charge is 2.12. The minimum absolute atomic E-state index is 0.190. The van der Waals surface area contributed by atoms with Gasteiger partial charge in [-0.2, -0.15) is 0 Å². The van der Waals surface area contributed by atoms with Gasteiger partial charge in [0.15, 0.2) is 0 Å². The second kappa shape index (κ2) is 6.92. The molecule has 21 heavy (non-hydrogen) atoms. The molecule has 0 saturated heterocycles. The second-order valence-corrected chi connectivity index (χ2v) is 4.95. The summed E-state index contributed by atoms with van der Waals surface area (Å²) in [5.41, 5.74) is 0.978. The van der Waals surface area contributed by atoms with Crippen molar-refractivity contribution >= 4 is 6.03 Å². The van der Waals surface area contributed by atoms with Gasteiger partial charge in [-0.3, -0.25) is 0 Å². The Kier molecular flexibility index (Phi) is 4.98. The van der Waals surface area contributed by atoms with E-state index in [1.807, 2.05) is 26.0 Å². The quantitative estimate of drug-likeness (QED) is 0.887. The van der Waals surface area contributed by atoms with E-state index in [4.69, 9.17) is 4.42 Å². The lowest BCUT2D eigenvalue weighted by Gasteiger charge is -2.12. The molecule has 1 unspecified atom stereocenters. The van der Waals surface area contributed by atoms with Crippen LogP contribution in [0.5, 0.6) is 0 Å². The summed E-state index contributed by atoms with van der Waals surface area (Å²) in [6.07, 6.45) is 0.655. The monoisotopic (exact) mass is 290 g/mol. The molecule has 2 aromatic rings. The molecular formula is C16H19FN2O2. The van der Waals surface area contributed by atoms with Crippen molar-refractivity contribution in [1.82, 2.24) is 10.6 Å². The van der Waals surface area contributed by atoms with E-state index >= 15 is 0 Å². The largest absolute Gasteiger partial charge is 0.464 e. The minimum Gasteiger partial charge on any atom is -0.464 e. The molecule has 1 heterocycles. The number of benzene rings is 1. The molecule has 1 atom stereocenters. The molecule has 0 radical (unpaired) electrons. The van der Waals surface area contributed by atoms with Crippen molar-refractivity contribution in [1.29, 1.82) is 0 Å². The van der Waals surface area contributed by atoms with Gasteiger partial charge in [-0.05, 0) is 50.1 Å². The van der Waals surface area contributed by atoms with Gasteiger partial charge in [-0.1, -0.05) is 12.1 Å². The first kappa shape index (κ1) is 15.1. The highest BCUT2D eigenvalue weighted by molar-refractivity contribution is 5.74. The number of halogens is 1. The van der Waals surface area contributed by atoms with Crippen LogP contribution in [-0.4, -0.2) is 12.6 Å². The zero-order valence-electron chi connectivity index (χ0n) is 12.2. The minimum atomic E-state index is -0.257. The van der Waals surface area contributed by atoms with E-state index in [1.165, 1.54) is 12.1 Å². The number of furan rings is 1. The molecule has 0 fully saturated rings. The van der Waals surface area contributed by atoms with Crippen molar-refractivity contribution in [2.75, 3.05) is 6.54 Å². The maximum Gasteiger partial charge on any atom is 0.315 e. The van der Waals surface area contributed by atoms with Crippen LogP contribution < -0.4 is 10.6 Å². The summed E-state index contributed by atoms with van der Waals surface area (Å²) in [4.78, 5) is 11.8. The van der Waals surface area contributed by atoms with E-state index in [9.17, 15) is 9.18 Å². The van der Waals surface area contributed by atoms with Crippen LogP contribution in [0.4, 0.5) is 9.18 Å². The van der Waals surface area contributed by atoms with E-state index in [-0.39, 0.29) is 17.9 Å². The molecule has 0 aliphatic rings. The van der Waals surface area contributed by atoms with Gasteiger partial charge in [-0.25, -0.2) is 9.18 Å². The fourth-order valence-corrected chi connectivity index (χ4v) is 1.98. The molecule has 2 rings (SSSR count). The second-order valence-electron chi connectivity index (χ2n) is 4.95. The van der Waals surface area contributed by atoms with Crippen LogP contribution >= 0.6 is 0 Å². The molecule has 0 bridgehead atoms. The third kappa shape index (κ3) is 4.63. The number of amides is 2. The molecule has 0 saturated carbocycles. The Balaban J connectivity index is 1.73. The van der Waals surface area contributed by atoms with Gasteiger partial charge in [-0.15, -0.1) is 0 Å². The molecule has 112 valence electrons. The zero-order chi connectivity index (χ0) is 15.2. The van der Waals surface area contributed by atoms with Crippen molar-refractivity contribution < 1.29 is 13.6 Å². The van der Waals surface area contributed by atoms with E-state index in [1.54, 1.807) is 12.1 Å². The van der Waals surface area contributed by atoms with Gasteiger partial charge in [0, 0.05) is 6.54 Å². The van der Waals surface area contributed by atoms with Crippen LogP contribution in [0.2, 0.25) is 0 Å². The first-order valence-electron chi connectivity index (χ1n) is 6.90. The van der Waals surface area contributed by atoms with Crippen molar-refractivity contribution in [3.05, 3.63) is 59.3 Å². The van der Waals surface area contributed by atoms with Gasteiger partial charge >= 0.3 is 6.03 Å². The smallest absolute Gasteiger partial charge is 0.315 e. The summed E-state index contributed by atoms with van der Waals surface area (Å²) < 4.78 is 18.2. The van der Waals surface area contributed by atoms with Gasteiger partial charge in [0.25, 0.3) is 0 Å². The van der Waals surface area contributed by atoms with Crippen molar-refractivity contribution in [2.45, 2.75) is 26.3 Å². The predicted molar refractivity (Wildman–Crippen MR) is 78.5 cm³/mol. The predicted octanol–water partition coefficient (Wildman–Crippen LogP) is 3.33. The standard InChI is InChI=1S/C16H19FN2O2/c1-11-3-8-15(21-11)12(2)19-16(20)18-10-9-13-4-6-14(17)7-5-13/h3-8,12H,9-10H2,1-2H3,(H2,18,19,20). The Morgan fingerprint density at radius 1 is 1.24 bits per heavy atom. The summed E-state index contributed by atoms with van der Waals surface area (Å²) >= 11 is 0. The zero-order valence-corrected chi connectivity index (χ0v) is 12.2. The molecular weight excluding hydrogens is 271 g/mol. The molecule has 0 aliphatic heterocycles. The summed E-state index contributed by atoms with van der Waals surface area (Å²) in [7, 11) is 0. The Morgan fingerprint density at radius 3 is 2.57 bits per heavy atom. The Morgan fingerprint density at radius 2 is 1.95 bits per heavy atom. The fraction of sp³-hybridized carbons (Fsp3) is 0.312. The highest BCUT2D eigenvalue weighted by Crippen LogP contribution is 2.15. The topological polar surface area (TPSA) is 54.3 Å². The average molecular weight is 290 g/mol. The summed E-state index contributed by atoms with van der Waals surface area (Å²) in [5, 5.41) is 5.57. The van der Waals surface area contributed by atoms with Crippen LogP contribution in [0.1, 0.15) is 30.0 Å². The summed E-state index contributed by atoms with van der Waals surface area (Å²) in [6, 6.07) is 9.52. The number of aryl methyl sites for hydroxylation is 1. The van der Waals surface area contributed by atoms with Crippen LogP contribution in [0.25, 0.3) is 0 Å². The summed E-state index contributed by atoms with van der Waals surface area (Å²) in [6.45, 7) is 4.21. The van der Waals surface area contributed by atoms with E-state index in [2.05, 4.69) is 10.6 Å².